The lowest BCUT2D eigenvalue weighted by Gasteiger charge is -2.25. The van der Waals surface area contributed by atoms with E-state index in [0.717, 1.165) is 25.9 Å². The maximum atomic E-state index is 11.3. The van der Waals surface area contributed by atoms with Gasteiger partial charge in [-0.05, 0) is 25.5 Å². The number of rotatable bonds is 3. The molecule has 2 aliphatic heterocycles. The van der Waals surface area contributed by atoms with Gasteiger partial charge in [0.1, 0.15) is 5.69 Å². The Morgan fingerprint density at radius 2 is 2.29 bits per heavy atom. The number of nitro benzene ring substituents is 1. The number of nitro groups is 1. The molecule has 1 amide bonds. The Morgan fingerprint density at radius 3 is 3.00 bits per heavy atom. The molecule has 0 saturated carbocycles. The van der Waals surface area contributed by atoms with Gasteiger partial charge in [0, 0.05) is 12.6 Å². The highest BCUT2D eigenvalue weighted by atomic mass is 16.6. The molecule has 0 spiro atoms. The standard InChI is InChI=1S/C13H16N4O4/c18-13-7-21-12-5-11(17(19)20)9(4-10(12)16-13)15-8-2-1-3-14-6-8/h4-5,8,14-15H,1-3,6-7H2,(H,16,18). The van der Waals surface area contributed by atoms with Crippen molar-refractivity contribution in [1.29, 1.82) is 0 Å². The Kier molecular flexibility index (Phi) is 3.61. The zero-order valence-electron chi connectivity index (χ0n) is 11.3. The molecule has 2 heterocycles. The Bertz CT molecular complexity index is 584. The molecule has 3 rings (SSSR count). The van der Waals surface area contributed by atoms with Crippen molar-refractivity contribution in [2.75, 3.05) is 30.3 Å². The monoisotopic (exact) mass is 292 g/mol. The number of nitrogens with one attached hydrogen (secondary N) is 3. The number of hydrogen-bond donors (Lipinski definition) is 3. The fraction of sp³-hybridized carbons (Fsp3) is 0.462. The molecule has 21 heavy (non-hydrogen) atoms. The summed E-state index contributed by atoms with van der Waals surface area (Å²) in [4.78, 5) is 22.1. The molecule has 8 heteroatoms. The molecule has 1 aromatic carbocycles. The number of piperidine rings is 1. The highest BCUT2D eigenvalue weighted by Gasteiger charge is 2.25. The zero-order valence-corrected chi connectivity index (χ0v) is 11.3. The summed E-state index contributed by atoms with van der Waals surface area (Å²) in [6, 6.07) is 3.06. The molecule has 0 radical (unpaired) electrons. The highest BCUT2D eigenvalue weighted by Crippen LogP contribution is 2.38. The number of anilines is 2. The van der Waals surface area contributed by atoms with Gasteiger partial charge in [0.25, 0.3) is 11.6 Å². The Labute approximate surface area is 121 Å². The van der Waals surface area contributed by atoms with Crippen LogP contribution >= 0.6 is 0 Å². The smallest absolute Gasteiger partial charge is 0.296 e. The maximum Gasteiger partial charge on any atom is 0.296 e. The summed E-state index contributed by atoms with van der Waals surface area (Å²) in [5.41, 5.74) is 0.817. The summed E-state index contributed by atoms with van der Waals surface area (Å²) in [7, 11) is 0. The van der Waals surface area contributed by atoms with E-state index in [4.69, 9.17) is 4.74 Å². The largest absolute Gasteiger partial charge is 0.481 e. The first kappa shape index (κ1) is 13.6. The van der Waals surface area contributed by atoms with Crippen LogP contribution in [0.3, 0.4) is 0 Å². The fourth-order valence-corrected chi connectivity index (χ4v) is 2.58. The van der Waals surface area contributed by atoms with E-state index >= 15 is 0 Å². The first-order valence-electron chi connectivity index (χ1n) is 6.86. The third-order valence-corrected chi connectivity index (χ3v) is 3.58. The van der Waals surface area contributed by atoms with E-state index < -0.39 is 4.92 Å². The minimum atomic E-state index is -0.446. The van der Waals surface area contributed by atoms with Crippen LogP contribution in [0.25, 0.3) is 0 Å². The second kappa shape index (κ2) is 5.57. The predicted molar refractivity (Wildman–Crippen MR) is 76.7 cm³/mol. The topological polar surface area (TPSA) is 106 Å². The number of nitrogens with zero attached hydrogens (tertiary/aromatic N) is 1. The molecule has 1 unspecified atom stereocenters. The van der Waals surface area contributed by atoms with E-state index in [0.29, 0.717) is 17.1 Å². The van der Waals surface area contributed by atoms with Crippen LogP contribution in [-0.4, -0.2) is 36.6 Å². The van der Waals surface area contributed by atoms with Gasteiger partial charge in [-0.25, -0.2) is 0 Å². The third kappa shape index (κ3) is 2.89. The summed E-state index contributed by atoms with van der Waals surface area (Å²) in [5, 5.41) is 20.3. The van der Waals surface area contributed by atoms with Crippen LogP contribution in [0.5, 0.6) is 5.75 Å². The van der Waals surface area contributed by atoms with Crippen LogP contribution in [0.15, 0.2) is 12.1 Å². The molecule has 3 N–H and O–H groups in total. The molecule has 112 valence electrons. The molecule has 1 fully saturated rings. The summed E-state index contributed by atoms with van der Waals surface area (Å²) in [6.45, 7) is 1.61. The van der Waals surface area contributed by atoms with Crippen LogP contribution in [0.2, 0.25) is 0 Å². The number of fused-ring (bicyclic) bond motifs is 1. The van der Waals surface area contributed by atoms with E-state index in [1.165, 1.54) is 6.07 Å². The Hall–Kier alpha value is -2.35. The van der Waals surface area contributed by atoms with Gasteiger partial charge < -0.3 is 20.7 Å². The molecule has 2 aliphatic rings. The van der Waals surface area contributed by atoms with Gasteiger partial charge in [0.15, 0.2) is 12.4 Å². The van der Waals surface area contributed by atoms with Gasteiger partial charge in [-0.1, -0.05) is 0 Å². The van der Waals surface area contributed by atoms with Gasteiger partial charge >= 0.3 is 0 Å². The third-order valence-electron chi connectivity index (χ3n) is 3.58. The fourth-order valence-electron chi connectivity index (χ4n) is 2.58. The van der Waals surface area contributed by atoms with Crippen molar-refractivity contribution < 1.29 is 14.5 Å². The number of carbonyl (C=O) groups excluding carboxylic acids is 1. The van der Waals surface area contributed by atoms with Crippen molar-refractivity contribution in [3.05, 3.63) is 22.2 Å². The number of carbonyl (C=O) groups is 1. The first-order valence-corrected chi connectivity index (χ1v) is 6.86. The quantitative estimate of drug-likeness (QED) is 0.569. The van der Waals surface area contributed by atoms with Gasteiger partial charge in [0.2, 0.25) is 0 Å². The molecule has 1 saturated heterocycles. The lowest BCUT2D eigenvalue weighted by atomic mass is 10.1. The first-order chi connectivity index (χ1) is 10.1. The average molecular weight is 292 g/mol. The van der Waals surface area contributed by atoms with Crippen LogP contribution in [-0.2, 0) is 4.79 Å². The summed E-state index contributed by atoms with van der Waals surface area (Å²) >= 11 is 0. The maximum absolute atomic E-state index is 11.3. The van der Waals surface area contributed by atoms with Crippen LogP contribution < -0.4 is 20.7 Å². The van der Waals surface area contributed by atoms with Crippen molar-refractivity contribution >= 4 is 23.0 Å². The van der Waals surface area contributed by atoms with Crippen molar-refractivity contribution in [3.63, 3.8) is 0 Å². The number of ether oxygens (including phenoxy) is 1. The Morgan fingerprint density at radius 1 is 1.43 bits per heavy atom. The molecule has 0 aromatic heterocycles. The second-order valence-electron chi connectivity index (χ2n) is 5.15. The molecule has 1 atom stereocenters. The van der Waals surface area contributed by atoms with Crippen LogP contribution in [0.1, 0.15) is 12.8 Å². The van der Waals surface area contributed by atoms with E-state index in [9.17, 15) is 14.9 Å². The molecule has 1 aromatic rings. The van der Waals surface area contributed by atoms with Crippen LogP contribution in [0, 0.1) is 10.1 Å². The normalized spacial score (nSPS) is 21.0. The molecule has 8 nitrogen and oxygen atoms in total. The molecule has 0 aliphatic carbocycles. The van der Waals surface area contributed by atoms with Gasteiger partial charge in [-0.2, -0.15) is 0 Å². The minimum Gasteiger partial charge on any atom is -0.481 e. The summed E-state index contributed by atoms with van der Waals surface area (Å²) in [5.74, 6) is 0.0651. The molecule has 0 bridgehead atoms. The molecular formula is C13H16N4O4. The minimum absolute atomic E-state index is 0.0459. The highest BCUT2D eigenvalue weighted by molar-refractivity contribution is 5.96. The number of hydrogen-bond acceptors (Lipinski definition) is 6. The van der Waals surface area contributed by atoms with Crippen LogP contribution in [0.4, 0.5) is 17.1 Å². The van der Waals surface area contributed by atoms with E-state index in [2.05, 4.69) is 16.0 Å². The summed E-state index contributed by atoms with van der Waals surface area (Å²) < 4.78 is 5.21. The lowest BCUT2D eigenvalue weighted by molar-refractivity contribution is -0.384. The van der Waals surface area contributed by atoms with Crippen molar-refractivity contribution in [3.8, 4) is 5.75 Å². The zero-order chi connectivity index (χ0) is 14.8. The Balaban J connectivity index is 1.91. The molecular weight excluding hydrogens is 276 g/mol. The average Bonchev–Trinajstić information content (AvgIpc) is 2.47. The summed E-state index contributed by atoms with van der Waals surface area (Å²) in [6.07, 6.45) is 1.97. The lowest BCUT2D eigenvalue weighted by Crippen LogP contribution is -2.38. The van der Waals surface area contributed by atoms with Gasteiger partial charge in [-0.15, -0.1) is 0 Å². The van der Waals surface area contributed by atoms with Crippen molar-refractivity contribution in [2.45, 2.75) is 18.9 Å². The number of amides is 1. The van der Waals surface area contributed by atoms with E-state index in [1.54, 1.807) is 6.07 Å². The number of benzene rings is 1. The van der Waals surface area contributed by atoms with E-state index in [1.807, 2.05) is 0 Å². The van der Waals surface area contributed by atoms with Gasteiger partial charge in [0.05, 0.1) is 16.7 Å². The van der Waals surface area contributed by atoms with Crippen molar-refractivity contribution in [2.24, 2.45) is 0 Å². The van der Waals surface area contributed by atoms with Crippen molar-refractivity contribution in [1.82, 2.24) is 5.32 Å². The SMILES string of the molecule is O=C1COc2cc([N+](=O)[O-])c(NC3CCCNC3)cc2N1. The predicted octanol–water partition coefficient (Wildman–Crippen LogP) is 1.09. The van der Waals surface area contributed by atoms with Gasteiger partial charge in [-0.3, -0.25) is 14.9 Å². The van der Waals surface area contributed by atoms with E-state index in [-0.39, 0.29) is 24.2 Å². The second-order valence-corrected chi connectivity index (χ2v) is 5.15.